The Labute approximate surface area is 169 Å². The monoisotopic (exact) mass is 406 g/mol. The first-order chi connectivity index (χ1) is 14.5. The summed E-state index contributed by atoms with van der Waals surface area (Å²) in [4.78, 5) is 36.3. The summed E-state index contributed by atoms with van der Waals surface area (Å²) in [5.41, 5.74) is 0.632. The fourth-order valence-electron chi connectivity index (χ4n) is 3.22. The lowest BCUT2D eigenvalue weighted by atomic mass is 9.89. The predicted molar refractivity (Wildman–Crippen MR) is 102 cm³/mol. The van der Waals surface area contributed by atoms with E-state index in [9.17, 15) is 19.7 Å². The molecule has 1 atom stereocenters. The number of nitro groups is 1. The molecule has 1 aromatic heterocycles. The number of esters is 1. The number of tetrazole rings is 1. The van der Waals surface area contributed by atoms with Gasteiger partial charge in [0.1, 0.15) is 11.7 Å². The van der Waals surface area contributed by atoms with E-state index in [0.29, 0.717) is 5.56 Å². The van der Waals surface area contributed by atoms with Crippen LogP contribution in [0.5, 0.6) is 0 Å². The van der Waals surface area contributed by atoms with E-state index in [1.165, 1.54) is 36.1 Å². The van der Waals surface area contributed by atoms with Gasteiger partial charge in [-0.25, -0.2) is 4.79 Å². The maximum atomic E-state index is 13.5. The number of allylic oxidation sites excluding steroid dienone is 1. The zero-order valence-electron chi connectivity index (χ0n) is 15.6. The molecule has 0 fully saturated rings. The average Bonchev–Trinajstić information content (AvgIpc) is 3.25. The molecule has 30 heavy (non-hydrogen) atoms. The molecular weight excluding hydrogens is 392 g/mol. The lowest BCUT2D eigenvalue weighted by Crippen LogP contribution is -2.32. The number of aromatic nitrogens is 4. The molecule has 1 aliphatic heterocycles. The Balaban J connectivity index is 1.90. The van der Waals surface area contributed by atoms with Crippen LogP contribution in [0.25, 0.3) is 0 Å². The molecule has 0 unspecified atom stereocenters. The maximum absolute atomic E-state index is 13.5. The van der Waals surface area contributed by atoms with E-state index in [1.54, 1.807) is 24.3 Å². The minimum absolute atomic E-state index is 0.0571. The summed E-state index contributed by atoms with van der Waals surface area (Å²) < 4.78 is 6.24. The van der Waals surface area contributed by atoms with Crippen LogP contribution in [0.3, 0.4) is 0 Å². The van der Waals surface area contributed by atoms with Crippen molar-refractivity contribution in [2.75, 3.05) is 12.4 Å². The summed E-state index contributed by atoms with van der Waals surface area (Å²) >= 11 is 0. The van der Waals surface area contributed by atoms with E-state index in [0.717, 1.165) is 0 Å². The molecule has 150 valence electrons. The SMILES string of the molecule is COC(=O)C1=C(C(=O)c2ccc([N+](=O)[O-])cc2)[C@H](c2ccccc2)n2nnnc2N1. The second-order valence-corrected chi connectivity index (χ2v) is 6.30. The number of ether oxygens (including phenoxy) is 1. The van der Waals surface area contributed by atoms with Crippen LogP contribution in [-0.4, -0.2) is 44.0 Å². The van der Waals surface area contributed by atoms with E-state index in [4.69, 9.17) is 4.74 Å². The van der Waals surface area contributed by atoms with Crippen molar-refractivity contribution in [3.05, 3.63) is 87.1 Å². The van der Waals surface area contributed by atoms with Crippen molar-refractivity contribution in [2.45, 2.75) is 6.04 Å². The third kappa shape index (κ3) is 3.17. The summed E-state index contributed by atoms with van der Waals surface area (Å²) in [6, 6.07) is 13.2. The number of nitrogens with zero attached hydrogens (tertiary/aromatic N) is 5. The van der Waals surface area contributed by atoms with Crippen LogP contribution >= 0.6 is 0 Å². The van der Waals surface area contributed by atoms with Crippen molar-refractivity contribution < 1.29 is 19.2 Å². The van der Waals surface area contributed by atoms with Gasteiger partial charge < -0.3 is 10.1 Å². The molecule has 11 heteroatoms. The summed E-state index contributed by atoms with van der Waals surface area (Å²) in [5.74, 6) is -1.12. The van der Waals surface area contributed by atoms with Gasteiger partial charge in [0.05, 0.1) is 17.6 Å². The Morgan fingerprint density at radius 3 is 2.47 bits per heavy atom. The van der Waals surface area contributed by atoms with Crippen LogP contribution in [0.1, 0.15) is 22.0 Å². The Hall–Kier alpha value is -4.41. The third-order valence-corrected chi connectivity index (χ3v) is 4.61. The van der Waals surface area contributed by atoms with Gasteiger partial charge in [-0.15, -0.1) is 0 Å². The molecule has 4 rings (SSSR count). The second kappa shape index (κ2) is 7.54. The molecule has 2 aromatic carbocycles. The number of hydrogen-bond donors (Lipinski definition) is 1. The highest BCUT2D eigenvalue weighted by Crippen LogP contribution is 2.36. The molecular formula is C19H14N6O5. The van der Waals surface area contributed by atoms with Crippen LogP contribution in [0.15, 0.2) is 65.9 Å². The average molecular weight is 406 g/mol. The van der Waals surface area contributed by atoms with Crippen LogP contribution in [-0.2, 0) is 9.53 Å². The molecule has 11 nitrogen and oxygen atoms in total. The number of fused-ring (bicyclic) bond motifs is 1. The molecule has 0 amide bonds. The van der Waals surface area contributed by atoms with E-state index in [-0.39, 0.29) is 28.5 Å². The maximum Gasteiger partial charge on any atom is 0.355 e. The second-order valence-electron chi connectivity index (χ2n) is 6.30. The number of nitro benzene ring substituents is 1. The first-order valence-corrected chi connectivity index (χ1v) is 8.72. The minimum Gasteiger partial charge on any atom is -0.464 e. The number of hydrogen-bond acceptors (Lipinski definition) is 9. The number of carbonyl (C=O) groups is 2. The number of nitrogens with one attached hydrogen (secondary N) is 1. The number of Topliss-reactive ketones (excluding diaryl/α,β-unsaturated/α-hetero) is 1. The van der Waals surface area contributed by atoms with Crippen LogP contribution in [0.2, 0.25) is 0 Å². The Morgan fingerprint density at radius 1 is 1.13 bits per heavy atom. The number of methoxy groups -OCH3 is 1. The van der Waals surface area contributed by atoms with Crippen molar-refractivity contribution >= 4 is 23.4 Å². The molecule has 0 spiro atoms. The topological polar surface area (TPSA) is 142 Å². The molecule has 1 aliphatic rings. The quantitative estimate of drug-likeness (QED) is 0.291. The Kier molecular flexibility index (Phi) is 4.76. The Morgan fingerprint density at radius 2 is 1.83 bits per heavy atom. The molecule has 0 saturated carbocycles. The van der Waals surface area contributed by atoms with E-state index in [1.807, 2.05) is 6.07 Å². The van der Waals surface area contributed by atoms with Crippen molar-refractivity contribution in [3.8, 4) is 0 Å². The standard InChI is InChI=1S/C19H14N6O5/c1-30-18(27)15-14(17(26)12-7-9-13(10-8-12)25(28)29)16(11-5-3-2-4-6-11)24-19(20-15)21-22-23-24/h2-10,16H,1H3,(H,20,21,23)/t16-/m0/s1. The van der Waals surface area contributed by atoms with Gasteiger partial charge in [-0.05, 0) is 28.1 Å². The van der Waals surface area contributed by atoms with Crippen LogP contribution < -0.4 is 5.32 Å². The van der Waals surface area contributed by atoms with Crippen molar-refractivity contribution in [3.63, 3.8) is 0 Å². The number of ketones is 1. The number of anilines is 1. The first-order valence-electron chi connectivity index (χ1n) is 8.72. The summed E-state index contributed by atoms with van der Waals surface area (Å²) in [6.07, 6.45) is 0. The van der Waals surface area contributed by atoms with Crippen molar-refractivity contribution in [2.24, 2.45) is 0 Å². The molecule has 3 aromatic rings. The summed E-state index contributed by atoms with van der Waals surface area (Å²) in [7, 11) is 1.19. The minimum atomic E-state index is -0.811. The molecule has 0 radical (unpaired) electrons. The van der Waals surface area contributed by atoms with Gasteiger partial charge in [0.25, 0.3) is 5.69 Å². The van der Waals surface area contributed by atoms with Crippen molar-refractivity contribution in [1.29, 1.82) is 0 Å². The zero-order chi connectivity index (χ0) is 21.3. The Bertz CT molecular complexity index is 1170. The van der Waals surface area contributed by atoms with Gasteiger partial charge >= 0.3 is 5.97 Å². The molecule has 2 heterocycles. The molecule has 0 aliphatic carbocycles. The normalized spacial score (nSPS) is 15.2. The number of benzene rings is 2. The first kappa shape index (κ1) is 18.9. The highest BCUT2D eigenvalue weighted by atomic mass is 16.6. The van der Waals surface area contributed by atoms with E-state index in [2.05, 4.69) is 20.8 Å². The van der Waals surface area contributed by atoms with Gasteiger partial charge in [0.15, 0.2) is 5.78 Å². The molecule has 0 saturated heterocycles. The fourth-order valence-corrected chi connectivity index (χ4v) is 3.22. The third-order valence-electron chi connectivity index (χ3n) is 4.61. The van der Waals surface area contributed by atoms with Gasteiger partial charge in [-0.1, -0.05) is 35.4 Å². The van der Waals surface area contributed by atoms with Crippen molar-refractivity contribution in [1.82, 2.24) is 20.2 Å². The van der Waals surface area contributed by atoms with Gasteiger partial charge in [0, 0.05) is 17.7 Å². The lowest BCUT2D eigenvalue weighted by Gasteiger charge is -2.28. The highest BCUT2D eigenvalue weighted by molar-refractivity contribution is 6.15. The fraction of sp³-hybridized carbons (Fsp3) is 0.105. The molecule has 1 N–H and O–H groups in total. The summed E-state index contributed by atoms with van der Waals surface area (Å²) in [6.45, 7) is 0. The zero-order valence-corrected chi connectivity index (χ0v) is 15.6. The number of non-ortho nitro benzene ring substituents is 1. The van der Waals surface area contributed by atoms with E-state index < -0.39 is 22.7 Å². The number of rotatable bonds is 5. The lowest BCUT2D eigenvalue weighted by molar-refractivity contribution is -0.384. The highest BCUT2D eigenvalue weighted by Gasteiger charge is 2.38. The molecule has 0 bridgehead atoms. The van der Waals surface area contributed by atoms with Gasteiger partial charge in [-0.2, -0.15) is 4.68 Å². The van der Waals surface area contributed by atoms with Crippen LogP contribution in [0, 0.1) is 10.1 Å². The van der Waals surface area contributed by atoms with Gasteiger partial charge in [0.2, 0.25) is 5.95 Å². The smallest absolute Gasteiger partial charge is 0.355 e. The largest absolute Gasteiger partial charge is 0.464 e. The number of carbonyl (C=O) groups excluding carboxylic acids is 2. The van der Waals surface area contributed by atoms with E-state index >= 15 is 0 Å². The summed E-state index contributed by atoms with van der Waals surface area (Å²) in [5, 5.41) is 25.1. The van der Waals surface area contributed by atoms with Gasteiger partial charge in [-0.3, -0.25) is 14.9 Å². The van der Waals surface area contributed by atoms with Crippen LogP contribution in [0.4, 0.5) is 11.6 Å². The predicted octanol–water partition coefficient (Wildman–Crippen LogP) is 1.91.